The van der Waals surface area contributed by atoms with E-state index in [-0.39, 0.29) is 18.3 Å². The maximum absolute atomic E-state index is 6.37. The van der Waals surface area contributed by atoms with Gasteiger partial charge in [-0.3, -0.25) is 0 Å². The molecule has 124 valence electrons. The Morgan fingerprint density at radius 2 is 1.38 bits per heavy atom. The van der Waals surface area contributed by atoms with Gasteiger partial charge in [0.2, 0.25) is 0 Å². The summed E-state index contributed by atoms with van der Waals surface area (Å²) in [5.41, 5.74) is 3.37. The molecule has 1 saturated heterocycles. The molecular formula is C20H25BO2Si. The highest BCUT2D eigenvalue weighted by Gasteiger charge is 2.53. The van der Waals surface area contributed by atoms with Gasteiger partial charge in [0.15, 0.2) is 0 Å². The summed E-state index contributed by atoms with van der Waals surface area (Å²) >= 11 is 0. The van der Waals surface area contributed by atoms with Crippen molar-refractivity contribution in [1.29, 1.82) is 0 Å². The van der Waals surface area contributed by atoms with Crippen molar-refractivity contribution in [2.45, 2.75) is 52.0 Å². The molecule has 2 aromatic carbocycles. The van der Waals surface area contributed by atoms with Crippen LogP contribution >= 0.6 is 0 Å². The van der Waals surface area contributed by atoms with E-state index in [4.69, 9.17) is 9.31 Å². The molecule has 2 aliphatic heterocycles. The lowest BCUT2D eigenvalue weighted by molar-refractivity contribution is 0.00578. The highest BCUT2D eigenvalue weighted by molar-refractivity contribution is 7.06. The topological polar surface area (TPSA) is 18.5 Å². The predicted octanol–water partition coefficient (Wildman–Crippen LogP) is 2.79. The highest BCUT2D eigenvalue weighted by Crippen LogP contribution is 2.37. The van der Waals surface area contributed by atoms with Crippen LogP contribution in [0.4, 0.5) is 0 Å². The Morgan fingerprint density at radius 3 is 2.04 bits per heavy atom. The van der Waals surface area contributed by atoms with E-state index in [2.05, 4.69) is 83.3 Å². The molecule has 1 fully saturated rings. The van der Waals surface area contributed by atoms with E-state index in [0.29, 0.717) is 0 Å². The molecule has 4 heteroatoms. The van der Waals surface area contributed by atoms with Crippen LogP contribution in [0.15, 0.2) is 42.5 Å². The molecular weight excluding hydrogens is 311 g/mol. The van der Waals surface area contributed by atoms with Crippen molar-refractivity contribution in [3.63, 3.8) is 0 Å². The SMILES string of the molecule is CC1(C)OB(c2cccc3c2[Si](C)(C)c2ccccc2-3)OC1(C)C. The van der Waals surface area contributed by atoms with Crippen LogP contribution in [0.5, 0.6) is 0 Å². The number of hydrogen-bond donors (Lipinski definition) is 0. The van der Waals surface area contributed by atoms with Crippen LogP contribution in [0, 0.1) is 0 Å². The molecule has 2 aliphatic rings. The molecule has 0 unspecified atom stereocenters. The first-order chi connectivity index (χ1) is 11.2. The van der Waals surface area contributed by atoms with Gasteiger partial charge in [-0.05, 0) is 54.7 Å². The van der Waals surface area contributed by atoms with E-state index < -0.39 is 8.07 Å². The summed E-state index contributed by atoms with van der Waals surface area (Å²) in [6, 6.07) is 15.4. The molecule has 0 bridgehead atoms. The maximum atomic E-state index is 6.37. The Kier molecular flexibility index (Phi) is 3.25. The van der Waals surface area contributed by atoms with Gasteiger partial charge in [0.1, 0.15) is 8.07 Å². The first-order valence-corrected chi connectivity index (χ1v) is 11.7. The molecule has 0 spiro atoms. The smallest absolute Gasteiger partial charge is 0.399 e. The fourth-order valence-electron chi connectivity index (χ4n) is 4.06. The average molecular weight is 336 g/mol. The van der Waals surface area contributed by atoms with Crippen LogP contribution < -0.4 is 15.8 Å². The van der Waals surface area contributed by atoms with Crippen molar-refractivity contribution in [3.05, 3.63) is 42.5 Å². The van der Waals surface area contributed by atoms with E-state index in [9.17, 15) is 0 Å². The minimum atomic E-state index is -1.75. The zero-order chi connectivity index (χ0) is 17.3. The Bertz CT molecular complexity index is 810. The second-order valence-corrected chi connectivity index (χ2v) is 12.8. The molecule has 0 radical (unpaired) electrons. The fraction of sp³-hybridized carbons (Fsp3) is 0.400. The van der Waals surface area contributed by atoms with Crippen LogP contribution in [0.3, 0.4) is 0 Å². The molecule has 0 amide bonds. The Labute approximate surface area is 146 Å². The minimum Gasteiger partial charge on any atom is -0.399 e. The van der Waals surface area contributed by atoms with Crippen LogP contribution in [0.1, 0.15) is 27.7 Å². The molecule has 0 N–H and O–H groups in total. The summed E-state index contributed by atoms with van der Waals surface area (Å²) in [4.78, 5) is 0. The van der Waals surface area contributed by atoms with Crippen molar-refractivity contribution < 1.29 is 9.31 Å². The van der Waals surface area contributed by atoms with Crippen molar-refractivity contribution in [1.82, 2.24) is 0 Å². The molecule has 24 heavy (non-hydrogen) atoms. The number of hydrogen-bond acceptors (Lipinski definition) is 2. The van der Waals surface area contributed by atoms with E-state index in [1.165, 1.54) is 27.0 Å². The van der Waals surface area contributed by atoms with Crippen molar-refractivity contribution in [2.24, 2.45) is 0 Å². The van der Waals surface area contributed by atoms with Crippen LogP contribution in [0.25, 0.3) is 11.1 Å². The quantitative estimate of drug-likeness (QED) is 0.746. The lowest BCUT2D eigenvalue weighted by Crippen LogP contribution is -2.59. The maximum Gasteiger partial charge on any atom is 0.494 e. The molecule has 2 aromatic rings. The van der Waals surface area contributed by atoms with Crippen molar-refractivity contribution >= 4 is 31.0 Å². The van der Waals surface area contributed by atoms with Crippen molar-refractivity contribution in [2.75, 3.05) is 0 Å². The summed E-state index contributed by atoms with van der Waals surface area (Å²) in [7, 11) is -2.03. The molecule has 0 aromatic heterocycles. The van der Waals surface area contributed by atoms with Gasteiger partial charge in [0, 0.05) is 0 Å². The van der Waals surface area contributed by atoms with E-state index in [1.807, 2.05) is 0 Å². The van der Waals surface area contributed by atoms with Crippen molar-refractivity contribution in [3.8, 4) is 11.1 Å². The van der Waals surface area contributed by atoms with Crippen LogP contribution in [0.2, 0.25) is 13.1 Å². The summed E-state index contributed by atoms with van der Waals surface area (Å²) in [6.07, 6.45) is 0. The third-order valence-corrected chi connectivity index (χ3v) is 9.71. The molecule has 0 aliphatic carbocycles. The fourth-order valence-corrected chi connectivity index (χ4v) is 7.54. The normalized spacial score (nSPS) is 22.3. The van der Waals surface area contributed by atoms with Crippen LogP contribution in [-0.4, -0.2) is 26.4 Å². The van der Waals surface area contributed by atoms with Gasteiger partial charge >= 0.3 is 7.12 Å². The first-order valence-electron chi connectivity index (χ1n) is 8.74. The third-order valence-electron chi connectivity index (χ3n) is 6.12. The van der Waals surface area contributed by atoms with Gasteiger partial charge in [-0.1, -0.05) is 55.6 Å². The second-order valence-electron chi connectivity index (χ2n) is 8.53. The molecule has 0 atom stereocenters. The molecule has 2 heterocycles. The van der Waals surface area contributed by atoms with Gasteiger partial charge in [-0.15, -0.1) is 0 Å². The lowest BCUT2D eigenvalue weighted by Gasteiger charge is -2.32. The summed E-state index contributed by atoms with van der Waals surface area (Å²) in [5, 5.41) is 2.99. The van der Waals surface area contributed by atoms with E-state index in [0.717, 1.165) is 0 Å². The second kappa shape index (κ2) is 4.84. The third kappa shape index (κ3) is 2.03. The van der Waals surface area contributed by atoms with Gasteiger partial charge in [-0.25, -0.2) is 0 Å². The minimum absolute atomic E-state index is 0.286. The zero-order valence-electron chi connectivity index (χ0n) is 15.4. The lowest BCUT2D eigenvalue weighted by atomic mass is 9.78. The zero-order valence-corrected chi connectivity index (χ0v) is 16.4. The van der Waals surface area contributed by atoms with Gasteiger partial charge in [-0.2, -0.15) is 0 Å². The summed E-state index contributed by atoms with van der Waals surface area (Å²) in [6.45, 7) is 13.3. The number of fused-ring (bicyclic) bond motifs is 3. The molecule has 0 saturated carbocycles. The van der Waals surface area contributed by atoms with Crippen LogP contribution in [-0.2, 0) is 9.31 Å². The highest BCUT2D eigenvalue weighted by atomic mass is 28.3. The van der Waals surface area contributed by atoms with Gasteiger partial charge in [0.25, 0.3) is 0 Å². The van der Waals surface area contributed by atoms with E-state index in [1.54, 1.807) is 0 Å². The summed E-state index contributed by atoms with van der Waals surface area (Å²) in [5.74, 6) is 0. The largest absolute Gasteiger partial charge is 0.494 e. The van der Waals surface area contributed by atoms with E-state index >= 15 is 0 Å². The number of rotatable bonds is 1. The summed E-state index contributed by atoms with van der Waals surface area (Å²) < 4.78 is 12.7. The average Bonchev–Trinajstić information content (AvgIpc) is 2.88. The Hall–Kier alpha value is -1.36. The van der Waals surface area contributed by atoms with Gasteiger partial charge in [0.05, 0.1) is 11.2 Å². The monoisotopic (exact) mass is 336 g/mol. The molecule has 2 nitrogen and oxygen atoms in total. The van der Waals surface area contributed by atoms with Gasteiger partial charge < -0.3 is 9.31 Å². The Balaban J connectivity index is 1.89. The predicted molar refractivity (Wildman–Crippen MR) is 104 cm³/mol. The standard InChI is InChI=1S/C20H25BO2Si/c1-19(2)20(3,4)23-21(22-19)16-12-9-11-15-14-10-7-8-13-17(14)24(5,6)18(15)16/h7-13H,1-6H3. The number of benzene rings is 2. The first kappa shape index (κ1) is 16.1. The Morgan fingerprint density at radius 1 is 0.792 bits per heavy atom. The molecule has 4 rings (SSSR count).